The molecule has 0 saturated carbocycles. The van der Waals surface area contributed by atoms with Crippen molar-refractivity contribution in [3.05, 3.63) is 35.5 Å². The maximum absolute atomic E-state index is 12.6. The van der Waals surface area contributed by atoms with Crippen molar-refractivity contribution in [3.63, 3.8) is 0 Å². The molecular formula is C11H12F3N. The number of alkyl halides is 3. The van der Waals surface area contributed by atoms with Gasteiger partial charge in [0.1, 0.15) is 0 Å². The lowest BCUT2D eigenvalue weighted by Crippen LogP contribution is -2.16. The van der Waals surface area contributed by atoms with Crippen molar-refractivity contribution >= 4 is 0 Å². The molecule has 0 heterocycles. The molecule has 0 atom stereocenters. The van der Waals surface area contributed by atoms with E-state index in [4.69, 9.17) is 5.26 Å². The number of allylic oxidation sites excluding steroid dienone is 4. The normalized spacial score (nSPS) is 12.8. The Labute approximate surface area is 87.2 Å². The number of hydrogen-bond donors (Lipinski definition) is 0. The third-order valence-electron chi connectivity index (χ3n) is 1.89. The molecule has 0 bridgehead atoms. The summed E-state index contributed by atoms with van der Waals surface area (Å²) < 4.78 is 37.9. The van der Waals surface area contributed by atoms with Crippen molar-refractivity contribution in [2.75, 3.05) is 0 Å². The van der Waals surface area contributed by atoms with Crippen LogP contribution in [0.2, 0.25) is 0 Å². The van der Waals surface area contributed by atoms with E-state index in [2.05, 4.69) is 13.2 Å². The molecule has 0 N–H and O–H groups in total. The Morgan fingerprint density at radius 2 is 1.80 bits per heavy atom. The van der Waals surface area contributed by atoms with E-state index in [1.807, 2.05) is 0 Å². The average Bonchev–Trinajstić information content (AvgIpc) is 2.10. The van der Waals surface area contributed by atoms with Gasteiger partial charge >= 0.3 is 6.18 Å². The van der Waals surface area contributed by atoms with E-state index in [-0.39, 0.29) is 12.0 Å². The standard InChI is InChI=1S/C11H12F3N/c1-5-9(7(2)3)10(8(4)6-15)11(12,13)14/h2,4-5H2,1,3H3/b10-9+. The predicted molar refractivity (Wildman–Crippen MR) is 52.9 cm³/mol. The average molecular weight is 215 g/mol. The fourth-order valence-electron chi connectivity index (χ4n) is 1.27. The molecule has 0 unspecified atom stereocenters. The lowest BCUT2D eigenvalue weighted by Gasteiger charge is -2.16. The minimum atomic E-state index is -4.56. The molecule has 0 aromatic heterocycles. The van der Waals surface area contributed by atoms with E-state index in [0.29, 0.717) is 5.57 Å². The molecule has 0 aromatic carbocycles. The van der Waals surface area contributed by atoms with Gasteiger partial charge in [-0.05, 0) is 18.9 Å². The van der Waals surface area contributed by atoms with Gasteiger partial charge in [0.25, 0.3) is 0 Å². The predicted octanol–water partition coefficient (Wildman–Crippen LogP) is 3.91. The molecule has 0 rings (SSSR count). The van der Waals surface area contributed by atoms with Crippen molar-refractivity contribution in [2.24, 2.45) is 0 Å². The van der Waals surface area contributed by atoms with Crippen LogP contribution >= 0.6 is 0 Å². The largest absolute Gasteiger partial charge is 0.417 e. The van der Waals surface area contributed by atoms with E-state index in [9.17, 15) is 13.2 Å². The van der Waals surface area contributed by atoms with Gasteiger partial charge in [0, 0.05) is 0 Å². The van der Waals surface area contributed by atoms with Gasteiger partial charge in [-0.25, -0.2) is 0 Å². The monoisotopic (exact) mass is 215 g/mol. The van der Waals surface area contributed by atoms with Gasteiger partial charge in [-0.15, -0.1) is 0 Å². The first-order chi connectivity index (χ1) is 6.75. The van der Waals surface area contributed by atoms with E-state index in [0.717, 1.165) is 0 Å². The summed E-state index contributed by atoms with van der Waals surface area (Å²) in [5, 5.41) is 8.48. The summed E-state index contributed by atoms with van der Waals surface area (Å²) in [6.45, 7) is 9.65. The fraction of sp³-hybridized carbons (Fsp3) is 0.364. The second kappa shape index (κ2) is 4.83. The highest BCUT2D eigenvalue weighted by Crippen LogP contribution is 2.35. The van der Waals surface area contributed by atoms with Crippen molar-refractivity contribution in [3.8, 4) is 6.07 Å². The number of nitriles is 1. The first-order valence-electron chi connectivity index (χ1n) is 4.31. The fourth-order valence-corrected chi connectivity index (χ4v) is 1.27. The highest BCUT2D eigenvalue weighted by molar-refractivity contribution is 5.50. The third-order valence-corrected chi connectivity index (χ3v) is 1.89. The number of nitrogens with zero attached hydrogens (tertiary/aromatic N) is 1. The summed E-state index contributed by atoms with van der Waals surface area (Å²) in [5.41, 5.74) is -1.18. The quantitative estimate of drug-likeness (QED) is 0.517. The van der Waals surface area contributed by atoms with E-state index >= 15 is 0 Å². The number of hydrogen-bond acceptors (Lipinski definition) is 1. The van der Waals surface area contributed by atoms with Gasteiger partial charge in [-0.3, -0.25) is 0 Å². The molecule has 82 valence electrons. The van der Waals surface area contributed by atoms with Crippen LogP contribution in [-0.2, 0) is 0 Å². The van der Waals surface area contributed by atoms with E-state index < -0.39 is 17.3 Å². The van der Waals surface area contributed by atoms with Crippen LogP contribution in [0, 0.1) is 11.3 Å². The van der Waals surface area contributed by atoms with Gasteiger partial charge in [0.15, 0.2) is 0 Å². The molecular weight excluding hydrogens is 203 g/mol. The van der Waals surface area contributed by atoms with Crippen LogP contribution in [0.25, 0.3) is 0 Å². The maximum Gasteiger partial charge on any atom is 0.417 e. The zero-order valence-electron chi connectivity index (χ0n) is 8.70. The zero-order valence-corrected chi connectivity index (χ0v) is 8.70. The van der Waals surface area contributed by atoms with E-state index in [1.165, 1.54) is 13.0 Å². The van der Waals surface area contributed by atoms with Crippen LogP contribution in [0.15, 0.2) is 35.5 Å². The summed E-state index contributed by atoms with van der Waals surface area (Å²) >= 11 is 0. The Morgan fingerprint density at radius 3 is 2.00 bits per heavy atom. The molecule has 0 aliphatic heterocycles. The molecule has 4 heteroatoms. The molecule has 15 heavy (non-hydrogen) atoms. The van der Waals surface area contributed by atoms with Gasteiger partial charge in [0.2, 0.25) is 0 Å². The minimum Gasteiger partial charge on any atom is -0.192 e. The van der Waals surface area contributed by atoms with Crippen LogP contribution in [-0.4, -0.2) is 6.18 Å². The Kier molecular flexibility index (Phi) is 4.35. The van der Waals surface area contributed by atoms with Crippen molar-refractivity contribution in [1.29, 1.82) is 5.26 Å². The Hall–Kier alpha value is -1.50. The number of halogens is 3. The molecule has 0 amide bonds. The smallest absolute Gasteiger partial charge is 0.192 e. The molecule has 0 spiro atoms. The highest BCUT2D eigenvalue weighted by Gasteiger charge is 2.37. The van der Waals surface area contributed by atoms with Crippen LogP contribution in [0.5, 0.6) is 0 Å². The molecule has 0 aliphatic carbocycles. The lowest BCUT2D eigenvalue weighted by molar-refractivity contribution is -0.0896. The van der Waals surface area contributed by atoms with Crippen molar-refractivity contribution in [2.45, 2.75) is 26.4 Å². The Bertz CT molecular complexity index is 353. The van der Waals surface area contributed by atoms with Crippen molar-refractivity contribution < 1.29 is 13.2 Å². The van der Waals surface area contributed by atoms with Crippen LogP contribution in [0.3, 0.4) is 0 Å². The molecule has 1 nitrogen and oxygen atoms in total. The second-order valence-electron chi connectivity index (χ2n) is 3.08. The molecule has 0 radical (unpaired) electrons. The van der Waals surface area contributed by atoms with Gasteiger partial charge in [-0.2, -0.15) is 18.4 Å². The zero-order chi connectivity index (χ0) is 12.2. The summed E-state index contributed by atoms with van der Waals surface area (Å²) in [5.74, 6) is 0. The molecule has 0 saturated heterocycles. The van der Waals surface area contributed by atoms with Crippen molar-refractivity contribution in [1.82, 2.24) is 0 Å². The summed E-state index contributed by atoms with van der Waals surface area (Å²) in [7, 11) is 0. The van der Waals surface area contributed by atoms with Crippen LogP contribution in [0.1, 0.15) is 20.3 Å². The third kappa shape index (κ3) is 3.28. The van der Waals surface area contributed by atoms with Crippen LogP contribution < -0.4 is 0 Å². The first kappa shape index (κ1) is 13.5. The SMILES string of the molecule is C=C(C)/C(CC)=C(\C(=C)C#N)C(F)(F)F. The lowest BCUT2D eigenvalue weighted by atomic mass is 9.95. The summed E-state index contributed by atoms with van der Waals surface area (Å²) in [6.07, 6.45) is -4.39. The first-order valence-corrected chi connectivity index (χ1v) is 4.31. The highest BCUT2D eigenvalue weighted by atomic mass is 19.4. The van der Waals surface area contributed by atoms with Gasteiger partial charge < -0.3 is 0 Å². The molecule has 0 fully saturated rings. The topological polar surface area (TPSA) is 23.8 Å². The summed E-state index contributed by atoms with van der Waals surface area (Å²) in [6, 6.07) is 1.43. The molecule has 0 aromatic rings. The number of rotatable bonds is 3. The van der Waals surface area contributed by atoms with Crippen LogP contribution in [0.4, 0.5) is 13.2 Å². The Balaban J connectivity index is 5.76. The summed E-state index contributed by atoms with van der Waals surface area (Å²) in [4.78, 5) is 0. The minimum absolute atomic E-state index is 0.0362. The second-order valence-corrected chi connectivity index (χ2v) is 3.08. The Morgan fingerprint density at radius 1 is 1.33 bits per heavy atom. The molecule has 0 aliphatic rings. The van der Waals surface area contributed by atoms with Gasteiger partial charge in [-0.1, -0.05) is 25.7 Å². The van der Waals surface area contributed by atoms with E-state index in [1.54, 1.807) is 6.92 Å². The van der Waals surface area contributed by atoms with Gasteiger partial charge in [0.05, 0.1) is 17.2 Å². The maximum atomic E-state index is 12.6.